The highest BCUT2D eigenvalue weighted by molar-refractivity contribution is 5.50. The number of hydrogen-bond acceptors (Lipinski definition) is 3. The van der Waals surface area contributed by atoms with Crippen LogP contribution in [0.2, 0.25) is 0 Å². The van der Waals surface area contributed by atoms with Gasteiger partial charge in [0.05, 0.1) is 12.6 Å². The van der Waals surface area contributed by atoms with Gasteiger partial charge in [-0.2, -0.15) is 0 Å². The van der Waals surface area contributed by atoms with Crippen molar-refractivity contribution in [2.24, 2.45) is 0 Å². The van der Waals surface area contributed by atoms with Crippen molar-refractivity contribution in [2.45, 2.75) is 5.54 Å². The van der Waals surface area contributed by atoms with Gasteiger partial charge in [0.1, 0.15) is 5.75 Å². The van der Waals surface area contributed by atoms with Crippen molar-refractivity contribution in [2.75, 3.05) is 20.2 Å². The fourth-order valence-corrected chi connectivity index (χ4v) is 3.40. The van der Waals surface area contributed by atoms with Gasteiger partial charge in [0.25, 0.3) is 0 Å². The zero-order valence-corrected chi connectivity index (χ0v) is 15.4. The number of methoxy groups -OCH3 is 1. The maximum Gasteiger partial charge on any atom is 0.207 e. The quantitative estimate of drug-likeness (QED) is 0.350. The molecule has 4 heteroatoms. The van der Waals surface area contributed by atoms with E-state index in [1.807, 2.05) is 48.5 Å². The number of carbonyl (C=O) groups excluding carboxylic acids is 1. The minimum atomic E-state index is -0.542. The van der Waals surface area contributed by atoms with E-state index in [-0.39, 0.29) is 0 Å². The molecule has 0 unspecified atom stereocenters. The van der Waals surface area contributed by atoms with Crippen molar-refractivity contribution in [1.29, 1.82) is 0 Å². The Morgan fingerprint density at radius 3 is 1.78 bits per heavy atom. The summed E-state index contributed by atoms with van der Waals surface area (Å²) in [5, 5.41) is 6.42. The first-order chi connectivity index (χ1) is 13.3. The van der Waals surface area contributed by atoms with E-state index in [4.69, 9.17) is 4.74 Å². The summed E-state index contributed by atoms with van der Waals surface area (Å²) in [6, 6.07) is 28.8. The van der Waals surface area contributed by atoms with Crippen LogP contribution in [-0.4, -0.2) is 26.6 Å². The molecule has 0 spiro atoms. The molecule has 3 aromatic carbocycles. The van der Waals surface area contributed by atoms with Gasteiger partial charge in [-0.15, -0.1) is 0 Å². The Balaban J connectivity index is 2.15. The molecule has 0 aliphatic rings. The standard InChI is InChI=1S/C23H24N2O2/c1-27-22-14-12-21(13-15-22)23(25-17-16-24-18-26,19-8-4-2-5-9-19)20-10-6-3-7-11-20/h2-15,18,25H,16-17H2,1H3,(H,24,26). The highest BCUT2D eigenvalue weighted by atomic mass is 16.5. The Hall–Kier alpha value is -3.11. The molecule has 1 amide bonds. The minimum Gasteiger partial charge on any atom is -0.497 e. The molecule has 27 heavy (non-hydrogen) atoms. The van der Waals surface area contributed by atoms with Crippen LogP contribution in [0.4, 0.5) is 0 Å². The van der Waals surface area contributed by atoms with E-state index in [1.54, 1.807) is 7.11 Å². The Morgan fingerprint density at radius 1 is 0.778 bits per heavy atom. The fraction of sp³-hybridized carbons (Fsp3) is 0.174. The molecule has 0 saturated carbocycles. The van der Waals surface area contributed by atoms with E-state index in [0.717, 1.165) is 28.8 Å². The third kappa shape index (κ3) is 4.01. The average Bonchev–Trinajstić information content (AvgIpc) is 2.75. The normalized spacial score (nSPS) is 11.0. The zero-order chi connectivity index (χ0) is 19.0. The van der Waals surface area contributed by atoms with Gasteiger partial charge in [0, 0.05) is 13.1 Å². The summed E-state index contributed by atoms with van der Waals surface area (Å²) in [5.41, 5.74) is 2.83. The molecular weight excluding hydrogens is 336 g/mol. The van der Waals surface area contributed by atoms with E-state index in [9.17, 15) is 4.79 Å². The van der Waals surface area contributed by atoms with E-state index in [0.29, 0.717) is 13.1 Å². The second kappa shape index (κ2) is 9.01. The molecule has 4 nitrogen and oxygen atoms in total. The van der Waals surface area contributed by atoms with Gasteiger partial charge in [0.2, 0.25) is 6.41 Å². The molecule has 138 valence electrons. The van der Waals surface area contributed by atoms with Gasteiger partial charge in [0.15, 0.2) is 0 Å². The van der Waals surface area contributed by atoms with Crippen molar-refractivity contribution in [3.63, 3.8) is 0 Å². The van der Waals surface area contributed by atoms with Crippen LogP contribution >= 0.6 is 0 Å². The lowest BCUT2D eigenvalue weighted by Gasteiger charge is -2.37. The maximum absolute atomic E-state index is 10.7. The number of hydrogen-bond donors (Lipinski definition) is 2. The van der Waals surface area contributed by atoms with Gasteiger partial charge in [-0.05, 0) is 28.8 Å². The van der Waals surface area contributed by atoms with Crippen LogP contribution in [0, 0.1) is 0 Å². The highest BCUT2D eigenvalue weighted by Gasteiger charge is 2.35. The summed E-state index contributed by atoms with van der Waals surface area (Å²) in [6.07, 6.45) is 0.724. The predicted molar refractivity (Wildman–Crippen MR) is 108 cm³/mol. The summed E-state index contributed by atoms with van der Waals surface area (Å²) >= 11 is 0. The van der Waals surface area contributed by atoms with Crippen molar-refractivity contribution >= 4 is 6.41 Å². The number of amides is 1. The second-order valence-corrected chi connectivity index (χ2v) is 6.21. The second-order valence-electron chi connectivity index (χ2n) is 6.21. The first-order valence-electron chi connectivity index (χ1n) is 8.99. The summed E-state index contributed by atoms with van der Waals surface area (Å²) in [7, 11) is 1.67. The monoisotopic (exact) mass is 360 g/mol. The van der Waals surface area contributed by atoms with Gasteiger partial charge in [-0.1, -0.05) is 72.8 Å². The molecule has 0 aliphatic heterocycles. The molecule has 0 bridgehead atoms. The third-order valence-electron chi connectivity index (χ3n) is 4.68. The van der Waals surface area contributed by atoms with Gasteiger partial charge in [-0.3, -0.25) is 10.1 Å². The molecule has 0 aliphatic carbocycles. The van der Waals surface area contributed by atoms with Crippen LogP contribution < -0.4 is 15.4 Å². The molecule has 3 rings (SSSR count). The molecule has 0 heterocycles. The lowest BCUT2D eigenvalue weighted by Crippen LogP contribution is -2.47. The van der Waals surface area contributed by atoms with Gasteiger partial charge < -0.3 is 10.1 Å². The van der Waals surface area contributed by atoms with Crippen molar-refractivity contribution in [3.05, 3.63) is 102 Å². The SMILES string of the molecule is COc1ccc(C(NCCNC=O)(c2ccccc2)c2ccccc2)cc1. The summed E-state index contributed by atoms with van der Waals surface area (Å²) in [6.45, 7) is 1.16. The van der Waals surface area contributed by atoms with E-state index >= 15 is 0 Å². The first-order valence-corrected chi connectivity index (χ1v) is 8.99. The Labute approximate surface area is 160 Å². The summed E-state index contributed by atoms with van der Waals surface area (Å²) in [4.78, 5) is 10.7. The number of nitrogens with one attached hydrogen (secondary N) is 2. The zero-order valence-electron chi connectivity index (χ0n) is 15.4. The fourth-order valence-electron chi connectivity index (χ4n) is 3.40. The van der Waals surface area contributed by atoms with E-state index in [1.165, 1.54) is 0 Å². The Morgan fingerprint density at radius 2 is 1.30 bits per heavy atom. The number of ether oxygens (including phenoxy) is 1. The minimum absolute atomic E-state index is 0.542. The van der Waals surface area contributed by atoms with Crippen LogP contribution in [0.3, 0.4) is 0 Å². The molecule has 0 aromatic heterocycles. The van der Waals surface area contributed by atoms with Crippen molar-refractivity contribution < 1.29 is 9.53 Å². The lowest BCUT2D eigenvalue weighted by molar-refractivity contribution is -0.109. The molecular formula is C23H24N2O2. The van der Waals surface area contributed by atoms with Crippen molar-refractivity contribution in [1.82, 2.24) is 10.6 Å². The first kappa shape index (κ1) is 18.7. The molecule has 0 fully saturated rings. The van der Waals surface area contributed by atoms with Crippen LogP contribution in [0.1, 0.15) is 16.7 Å². The van der Waals surface area contributed by atoms with Crippen LogP contribution in [-0.2, 0) is 10.3 Å². The molecule has 2 N–H and O–H groups in total. The summed E-state index contributed by atoms with van der Waals surface area (Å²) in [5.74, 6) is 0.816. The number of benzene rings is 3. The largest absolute Gasteiger partial charge is 0.497 e. The Bertz CT molecular complexity index is 794. The lowest BCUT2D eigenvalue weighted by atomic mass is 9.77. The van der Waals surface area contributed by atoms with E-state index < -0.39 is 5.54 Å². The van der Waals surface area contributed by atoms with E-state index in [2.05, 4.69) is 47.0 Å². The smallest absolute Gasteiger partial charge is 0.207 e. The van der Waals surface area contributed by atoms with Gasteiger partial charge in [-0.25, -0.2) is 0 Å². The number of carbonyl (C=O) groups is 1. The molecule has 0 radical (unpaired) electrons. The maximum atomic E-state index is 10.7. The molecule has 0 saturated heterocycles. The topological polar surface area (TPSA) is 50.4 Å². The Kier molecular flexibility index (Phi) is 6.23. The molecule has 3 aromatic rings. The molecule has 0 atom stereocenters. The van der Waals surface area contributed by atoms with Gasteiger partial charge >= 0.3 is 0 Å². The number of rotatable bonds is 9. The van der Waals surface area contributed by atoms with Crippen molar-refractivity contribution in [3.8, 4) is 5.75 Å². The predicted octanol–water partition coefficient (Wildman–Crippen LogP) is 3.32. The third-order valence-corrected chi connectivity index (χ3v) is 4.68. The summed E-state index contributed by atoms with van der Waals surface area (Å²) < 4.78 is 5.34. The van der Waals surface area contributed by atoms with Crippen LogP contribution in [0.15, 0.2) is 84.9 Å². The van der Waals surface area contributed by atoms with Crippen LogP contribution in [0.25, 0.3) is 0 Å². The van der Waals surface area contributed by atoms with Crippen LogP contribution in [0.5, 0.6) is 5.75 Å². The average molecular weight is 360 g/mol. The highest BCUT2D eigenvalue weighted by Crippen LogP contribution is 2.37.